The summed E-state index contributed by atoms with van der Waals surface area (Å²) in [5, 5.41) is 0. The van der Waals surface area contributed by atoms with Gasteiger partial charge in [0.15, 0.2) is 0 Å². The van der Waals surface area contributed by atoms with Crippen molar-refractivity contribution in [1.82, 2.24) is 4.90 Å². The van der Waals surface area contributed by atoms with E-state index in [0.717, 1.165) is 6.04 Å². The maximum Gasteiger partial charge on any atom is 0.0105 e. The third-order valence-corrected chi connectivity index (χ3v) is 2.97. The van der Waals surface area contributed by atoms with E-state index in [1.54, 1.807) is 0 Å². The first kappa shape index (κ1) is 7.42. The van der Waals surface area contributed by atoms with Gasteiger partial charge in [0.05, 0.1) is 0 Å². The molecule has 0 amide bonds. The average Bonchev–Trinajstić information content (AvgIpc) is 1.90. The van der Waals surface area contributed by atoms with Crippen LogP contribution in [-0.2, 0) is 0 Å². The molecule has 0 unspecified atom stereocenters. The second-order valence-corrected chi connectivity index (χ2v) is 4.03. The first-order chi connectivity index (χ1) is 4.30. The molecule has 1 aliphatic rings. The van der Waals surface area contributed by atoms with E-state index in [0.29, 0.717) is 0 Å². The molecule has 1 nitrogen and oxygen atoms in total. The minimum atomic E-state index is 0.867. The van der Waals surface area contributed by atoms with E-state index in [-0.39, 0.29) is 0 Å². The molecule has 1 aliphatic heterocycles. The third-order valence-electron chi connectivity index (χ3n) is 1.92. The van der Waals surface area contributed by atoms with Crippen LogP contribution in [0.3, 0.4) is 0 Å². The lowest BCUT2D eigenvalue weighted by atomic mass is 10.1. The Morgan fingerprint density at radius 1 is 1.22 bits per heavy atom. The van der Waals surface area contributed by atoms with E-state index in [9.17, 15) is 0 Å². The Hall–Kier alpha value is 0.310. The summed E-state index contributed by atoms with van der Waals surface area (Å²) in [6.07, 6.45) is 2.77. The van der Waals surface area contributed by atoms with Gasteiger partial charge in [0.2, 0.25) is 0 Å². The standard InChI is InChI=1S/C7H15NS/c1-8(2)7-3-5-9-6-4-7/h7H,3-6H2,1-2H3. The third kappa shape index (κ3) is 2.18. The molecule has 0 aromatic carbocycles. The van der Waals surface area contributed by atoms with Gasteiger partial charge in [-0.05, 0) is 38.4 Å². The SMILES string of the molecule is CN(C)C1CCSCC1. The molecule has 0 N–H and O–H groups in total. The van der Waals surface area contributed by atoms with Crippen LogP contribution in [0.1, 0.15) is 12.8 Å². The lowest BCUT2D eigenvalue weighted by Crippen LogP contribution is -2.31. The summed E-state index contributed by atoms with van der Waals surface area (Å²) in [6.45, 7) is 0. The Morgan fingerprint density at radius 3 is 2.11 bits per heavy atom. The Bertz CT molecular complexity index is 77.0. The van der Waals surface area contributed by atoms with Crippen LogP contribution in [-0.4, -0.2) is 36.5 Å². The van der Waals surface area contributed by atoms with Crippen LogP contribution >= 0.6 is 11.8 Å². The molecule has 0 atom stereocenters. The van der Waals surface area contributed by atoms with Crippen molar-refractivity contribution < 1.29 is 0 Å². The van der Waals surface area contributed by atoms with Gasteiger partial charge in [-0.2, -0.15) is 11.8 Å². The minimum absolute atomic E-state index is 0.867. The molecule has 0 radical (unpaired) electrons. The maximum atomic E-state index is 2.35. The predicted octanol–water partition coefficient (Wildman–Crippen LogP) is 1.44. The normalized spacial score (nSPS) is 23.0. The molecule has 0 spiro atoms. The molecular formula is C7H15NS. The predicted molar refractivity (Wildman–Crippen MR) is 44.0 cm³/mol. The van der Waals surface area contributed by atoms with Crippen molar-refractivity contribution in [1.29, 1.82) is 0 Å². The van der Waals surface area contributed by atoms with Gasteiger partial charge in [-0.25, -0.2) is 0 Å². The molecule has 9 heavy (non-hydrogen) atoms. The minimum Gasteiger partial charge on any atom is -0.306 e. The Labute approximate surface area is 61.8 Å². The number of rotatable bonds is 1. The molecule has 0 aromatic rings. The molecule has 1 saturated heterocycles. The molecular weight excluding hydrogens is 130 g/mol. The van der Waals surface area contributed by atoms with Crippen molar-refractivity contribution in [3.63, 3.8) is 0 Å². The highest BCUT2D eigenvalue weighted by atomic mass is 32.2. The smallest absolute Gasteiger partial charge is 0.0105 e. The van der Waals surface area contributed by atoms with Crippen LogP contribution in [0.15, 0.2) is 0 Å². The average molecular weight is 145 g/mol. The summed E-state index contributed by atoms with van der Waals surface area (Å²) >= 11 is 2.09. The summed E-state index contributed by atoms with van der Waals surface area (Å²) in [6, 6.07) is 0.867. The molecule has 1 fully saturated rings. The topological polar surface area (TPSA) is 3.24 Å². The lowest BCUT2D eigenvalue weighted by molar-refractivity contribution is 0.278. The second kappa shape index (κ2) is 3.47. The fraction of sp³-hybridized carbons (Fsp3) is 1.00. The Morgan fingerprint density at radius 2 is 1.78 bits per heavy atom. The van der Waals surface area contributed by atoms with E-state index in [1.807, 2.05) is 0 Å². The quantitative estimate of drug-likeness (QED) is 0.549. The van der Waals surface area contributed by atoms with E-state index < -0.39 is 0 Å². The molecule has 0 aromatic heterocycles. The molecule has 54 valence electrons. The van der Waals surface area contributed by atoms with Gasteiger partial charge >= 0.3 is 0 Å². The molecule has 1 heterocycles. The summed E-state index contributed by atoms with van der Waals surface area (Å²) in [4.78, 5) is 2.35. The van der Waals surface area contributed by atoms with Gasteiger partial charge in [0, 0.05) is 6.04 Å². The van der Waals surface area contributed by atoms with Gasteiger partial charge in [-0.1, -0.05) is 0 Å². The summed E-state index contributed by atoms with van der Waals surface area (Å²) in [5.41, 5.74) is 0. The van der Waals surface area contributed by atoms with E-state index in [1.165, 1.54) is 24.3 Å². The molecule has 0 aliphatic carbocycles. The Kier molecular flexibility index (Phi) is 2.86. The van der Waals surface area contributed by atoms with Gasteiger partial charge in [-0.3, -0.25) is 0 Å². The number of hydrogen-bond acceptors (Lipinski definition) is 2. The fourth-order valence-corrected chi connectivity index (χ4v) is 2.28. The first-order valence-electron chi connectivity index (χ1n) is 3.55. The summed E-state index contributed by atoms with van der Waals surface area (Å²) in [5.74, 6) is 2.73. The number of thioether (sulfide) groups is 1. The van der Waals surface area contributed by atoms with Crippen LogP contribution < -0.4 is 0 Å². The van der Waals surface area contributed by atoms with Crippen molar-refractivity contribution in [2.24, 2.45) is 0 Å². The van der Waals surface area contributed by atoms with Crippen molar-refractivity contribution in [2.45, 2.75) is 18.9 Å². The van der Waals surface area contributed by atoms with Crippen molar-refractivity contribution in [2.75, 3.05) is 25.6 Å². The molecule has 1 rings (SSSR count). The van der Waals surface area contributed by atoms with Gasteiger partial charge in [0.1, 0.15) is 0 Å². The van der Waals surface area contributed by atoms with Gasteiger partial charge < -0.3 is 4.90 Å². The van der Waals surface area contributed by atoms with Crippen LogP contribution in [0.2, 0.25) is 0 Å². The molecule has 0 bridgehead atoms. The molecule has 0 saturated carbocycles. The second-order valence-electron chi connectivity index (χ2n) is 2.81. The van der Waals surface area contributed by atoms with Gasteiger partial charge in [-0.15, -0.1) is 0 Å². The zero-order valence-electron chi connectivity index (χ0n) is 6.26. The lowest BCUT2D eigenvalue weighted by Gasteiger charge is -2.27. The number of hydrogen-bond donors (Lipinski definition) is 0. The maximum absolute atomic E-state index is 2.35. The van der Waals surface area contributed by atoms with E-state index >= 15 is 0 Å². The van der Waals surface area contributed by atoms with Crippen LogP contribution in [0.25, 0.3) is 0 Å². The monoisotopic (exact) mass is 145 g/mol. The van der Waals surface area contributed by atoms with Gasteiger partial charge in [0.25, 0.3) is 0 Å². The van der Waals surface area contributed by atoms with Crippen molar-refractivity contribution in [3.8, 4) is 0 Å². The zero-order chi connectivity index (χ0) is 6.69. The van der Waals surface area contributed by atoms with Crippen LogP contribution in [0, 0.1) is 0 Å². The molecule has 2 heteroatoms. The van der Waals surface area contributed by atoms with Crippen molar-refractivity contribution >= 4 is 11.8 Å². The number of nitrogens with zero attached hydrogens (tertiary/aromatic N) is 1. The zero-order valence-corrected chi connectivity index (χ0v) is 7.08. The Balaban J connectivity index is 2.23. The highest BCUT2D eigenvalue weighted by Crippen LogP contribution is 2.19. The summed E-state index contributed by atoms with van der Waals surface area (Å²) < 4.78 is 0. The largest absolute Gasteiger partial charge is 0.306 e. The van der Waals surface area contributed by atoms with E-state index in [4.69, 9.17) is 0 Å². The van der Waals surface area contributed by atoms with Crippen LogP contribution in [0.5, 0.6) is 0 Å². The van der Waals surface area contributed by atoms with E-state index in [2.05, 4.69) is 30.8 Å². The highest BCUT2D eigenvalue weighted by molar-refractivity contribution is 7.99. The van der Waals surface area contributed by atoms with Crippen LogP contribution in [0.4, 0.5) is 0 Å². The first-order valence-corrected chi connectivity index (χ1v) is 4.70. The fourth-order valence-electron chi connectivity index (χ4n) is 1.20. The summed E-state index contributed by atoms with van der Waals surface area (Å²) in [7, 11) is 4.36. The van der Waals surface area contributed by atoms with Crippen molar-refractivity contribution in [3.05, 3.63) is 0 Å². The highest BCUT2D eigenvalue weighted by Gasteiger charge is 2.14.